The summed E-state index contributed by atoms with van der Waals surface area (Å²) in [5, 5.41) is 6.23. The molecule has 0 saturated heterocycles. The Kier molecular flexibility index (Phi) is 5.77. The molecule has 0 bridgehead atoms. The summed E-state index contributed by atoms with van der Waals surface area (Å²) in [5.41, 5.74) is -1.62. The lowest BCUT2D eigenvalue weighted by molar-refractivity contribution is -0.145. The van der Waals surface area contributed by atoms with Crippen LogP contribution in [-0.2, 0) is 11.0 Å². The van der Waals surface area contributed by atoms with E-state index in [2.05, 4.69) is 10.4 Å². The van der Waals surface area contributed by atoms with E-state index in [1.807, 2.05) is 0 Å². The van der Waals surface area contributed by atoms with Crippen LogP contribution in [0.25, 0.3) is 0 Å². The van der Waals surface area contributed by atoms with Crippen LogP contribution in [0.4, 0.5) is 24.5 Å². The zero-order valence-electron chi connectivity index (χ0n) is 18.0. The van der Waals surface area contributed by atoms with Crippen molar-refractivity contribution in [3.05, 3.63) is 35.7 Å². The number of nitrogens with one attached hydrogen (secondary N) is 1. The Labute approximate surface area is 178 Å². The van der Waals surface area contributed by atoms with Gasteiger partial charge in [-0.3, -0.25) is 14.3 Å². The standard InChI is InChI=1S/C21H25F3N4O3/c1-12(2)28-17(21(22,23)24)14(11-25-28)18(29)26-13-6-7-16-15(10-13)27(8-9-31-16)19(30)20(3,4)5/h6-7,10-12H,8-9H2,1-5H3,(H,26,29). The summed E-state index contributed by atoms with van der Waals surface area (Å²) in [6.45, 7) is 9.13. The first-order valence-corrected chi connectivity index (χ1v) is 9.85. The molecule has 1 aromatic heterocycles. The molecule has 31 heavy (non-hydrogen) atoms. The maximum atomic E-state index is 13.6. The third-order valence-electron chi connectivity index (χ3n) is 4.76. The summed E-state index contributed by atoms with van der Waals surface area (Å²) in [6.07, 6.45) is -3.83. The zero-order valence-corrected chi connectivity index (χ0v) is 18.0. The molecule has 0 aliphatic carbocycles. The van der Waals surface area contributed by atoms with Crippen molar-refractivity contribution in [3.8, 4) is 5.75 Å². The van der Waals surface area contributed by atoms with E-state index in [1.165, 1.54) is 12.1 Å². The molecule has 0 atom stereocenters. The average Bonchev–Trinajstić information content (AvgIpc) is 3.12. The number of aromatic nitrogens is 2. The molecule has 0 fully saturated rings. The molecule has 10 heteroatoms. The van der Waals surface area contributed by atoms with Crippen molar-refractivity contribution in [3.63, 3.8) is 0 Å². The Bertz CT molecular complexity index is 1010. The molecule has 2 amide bonds. The molecule has 3 rings (SSSR count). The number of hydrogen-bond donors (Lipinski definition) is 1. The fourth-order valence-corrected chi connectivity index (χ4v) is 3.31. The van der Waals surface area contributed by atoms with Crippen LogP contribution in [0.15, 0.2) is 24.4 Å². The molecule has 1 N–H and O–H groups in total. The Morgan fingerprint density at radius 2 is 1.87 bits per heavy atom. The predicted molar refractivity (Wildman–Crippen MR) is 109 cm³/mol. The number of halogens is 3. The van der Waals surface area contributed by atoms with Crippen LogP contribution in [0.1, 0.15) is 56.7 Å². The largest absolute Gasteiger partial charge is 0.490 e. The minimum Gasteiger partial charge on any atom is -0.490 e. The van der Waals surface area contributed by atoms with E-state index in [-0.39, 0.29) is 11.6 Å². The molecule has 1 aromatic carbocycles. The van der Waals surface area contributed by atoms with E-state index in [0.29, 0.717) is 24.6 Å². The first kappa shape index (κ1) is 22.6. The summed E-state index contributed by atoms with van der Waals surface area (Å²) in [6, 6.07) is 4.05. The van der Waals surface area contributed by atoms with Crippen molar-refractivity contribution in [2.24, 2.45) is 5.41 Å². The predicted octanol–water partition coefficient (Wildman–Crippen LogP) is 4.51. The number of anilines is 2. The van der Waals surface area contributed by atoms with E-state index in [0.717, 1.165) is 10.9 Å². The minimum atomic E-state index is -4.74. The van der Waals surface area contributed by atoms with Gasteiger partial charge in [0.15, 0.2) is 5.69 Å². The topological polar surface area (TPSA) is 76.5 Å². The van der Waals surface area contributed by atoms with E-state index >= 15 is 0 Å². The number of hydrogen-bond acceptors (Lipinski definition) is 4. The second-order valence-corrected chi connectivity index (χ2v) is 8.63. The second-order valence-electron chi connectivity index (χ2n) is 8.63. The number of alkyl halides is 3. The van der Waals surface area contributed by atoms with Gasteiger partial charge in [0, 0.05) is 17.1 Å². The second kappa shape index (κ2) is 7.90. The highest BCUT2D eigenvalue weighted by molar-refractivity contribution is 6.06. The fraction of sp³-hybridized carbons (Fsp3) is 0.476. The molecular formula is C21H25F3N4O3. The number of fused-ring (bicyclic) bond motifs is 1. The SMILES string of the molecule is CC(C)n1ncc(C(=O)Nc2ccc3c(c2)N(C(=O)C(C)(C)C)CCO3)c1C(F)(F)F. The number of carbonyl (C=O) groups is 2. The van der Waals surface area contributed by atoms with E-state index in [9.17, 15) is 22.8 Å². The van der Waals surface area contributed by atoms with Gasteiger partial charge >= 0.3 is 6.18 Å². The molecule has 0 unspecified atom stereocenters. The van der Waals surface area contributed by atoms with Crippen LogP contribution < -0.4 is 15.0 Å². The molecule has 0 radical (unpaired) electrons. The average molecular weight is 438 g/mol. The number of benzene rings is 1. The van der Waals surface area contributed by atoms with Gasteiger partial charge in [-0.2, -0.15) is 18.3 Å². The molecule has 0 spiro atoms. The number of amides is 2. The smallest absolute Gasteiger partial charge is 0.433 e. The quantitative estimate of drug-likeness (QED) is 0.765. The Hall–Kier alpha value is -3.04. The lowest BCUT2D eigenvalue weighted by Crippen LogP contribution is -2.44. The van der Waals surface area contributed by atoms with Gasteiger partial charge in [0.05, 0.1) is 24.0 Å². The maximum absolute atomic E-state index is 13.6. The van der Waals surface area contributed by atoms with Crippen molar-refractivity contribution in [2.75, 3.05) is 23.4 Å². The van der Waals surface area contributed by atoms with Gasteiger partial charge in [0.1, 0.15) is 12.4 Å². The minimum absolute atomic E-state index is 0.127. The number of carbonyl (C=O) groups excluding carboxylic acids is 2. The molecule has 1 aliphatic rings. The Balaban J connectivity index is 1.93. The highest BCUT2D eigenvalue weighted by atomic mass is 19.4. The van der Waals surface area contributed by atoms with Crippen LogP contribution in [0.2, 0.25) is 0 Å². The van der Waals surface area contributed by atoms with Gasteiger partial charge < -0.3 is 15.0 Å². The normalized spacial score (nSPS) is 14.3. The van der Waals surface area contributed by atoms with Crippen LogP contribution in [0.5, 0.6) is 5.75 Å². The summed E-state index contributed by atoms with van der Waals surface area (Å²) in [5.74, 6) is -0.604. The molecule has 7 nitrogen and oxygen atoms in total. The Morgan fingerprint density at radius 1 is 1.19 bits per heavy atom. The maximum Gasteiger partial charge on any atom is 0.433 e. The molecule has 168 valence electrons. The number of ether oxygens (including phenoxy) is 1. The van der Waals surface area contributed by atoms with Crippen molar-refractivity contribution in [1.82, 2.24) is 9.78 Å². The number of nitrogens with zero attached hydrogens (tertiary/aromatic N) is 3. The Morgan fingerprint density at radius 3 is 2.45 bits per heavy atom. The lowest BCUT2D eigenvalue weighted by Gasteiger charge is -2.34. The third-order valence-corrected chi connectivity index (χ3v) is 4.76. The van der Waals surface area contributed by atoms with Gasteiger partial charge in [0.2, 0.25) is 5.91 Å². The monoisotopic (exact) mass is 438 g/mol. The molecule has 2 aromatic rings. The van der Waals surface area contributed by atoms with Gasteiger partial charge in [-0.25, -0.2) is 0 Å². The molecule has 1 aliphatic heterocycles. The lowest BCUT2D eigenvalue weighted by atomic mass is 9.94. The van der Waals surface area contributed by atoms with Gasteiger partial charge in [-0.1, -0.05) is 20.8 Å². The molecule has 0 saturated carbocycles. The van der Waals surface area contributed by atoms with Crippen LogP contribution in [0, 0.1) is 5.41 Å². The fourth-order valence-electron chi connectivity index (χ4n) is 3.31. The van der Waals surface area contributed by atoms with Crippen molar-refractivity contribution in [1.29, 1.82) is 0 Å². The zero-order chi connectivity index (χ0) is 23.1. The number of rotatable bonds is 3. The van der Waals surface area contributed by atoms with Gasteiger partial charge in [-0.05, 0) is 32.0 Å². The van der Waals surface area contributed by atoms with Crippen molar-refractivity contribution < 1.29 is 27.5 Å². The van der Waals surface area contributed by atoms with Crippen LogP contribution >= 0.6 is 0 Å². The van der Waals surface area contributed by atoms with E-state index in [4.69, 9.17) is 4.74 Å². The highest BCUT2D eigenvalue weighted by Gasteiger charge is 2.40. The first-order valence-electron chi connectivity index (χ1n) is 9.85. The van der Waals surface area contributed by atoms with Crippen molar-refractivity contribution in [2.45, 2.75) is 46.8 Å². The van der Waals surface area contributed by atoms with Gasteiger partial charge in [0.25, 0.3) is 5.91 Å². The summed E-state index contributed by atoms with van der Waals surface area (Å²) in [4.78, 5) is 27.1. The first-order chi connectivity index (χ1) is 14.3. The summed E-state index contributed by atoms with van der Waals surface area (Å²) >= 11 is 0. The summed E-state index contributed by atoms with van der Waals surface area (Å²) < 4.78 is 47.1. The third kappa shape index (κ3) is 4.52. The van der Waals surface area contributed by atoms with Gasteiger partial charge in [-0.15, -0.1) is 0 Å². The van der Waals surface area contributed by atoms with E-state index in [1.54, 1.807) is 45.6 Å². The summed E-state index contributed by atoms with van der Waals surface area (Å²) in [7, 11) is 0. The van der Waals surface area contributed by atoms with Crippen LogP contribution in [0.3, 0.4) is 0 Å². The molecular weight excluding hydrogens is 413 g/mol. The van der Waals surface area contributed by atoms with Crippen molar-refractivity contribution >= 4 is 23.2 Å². The highest BCUT2D eigenvalue weighted by Crippen LogP contribution is 2.37. The molecule has 2 heterocycles. The van der Waals surface area contributed by atoms with E-state index < -0.39 is 34.8 Å². The van der Waals surface area contributed by atoms with Crippen LogP contribution in [-0.4, -0.2) is 34.7 Å².